The predicted molar refractivity (Wildman–Crippen MR) is 100 cm³/mol. The third-order valence-electron chi connectivity index (χ3n) is 5.31. The van der Waals surface area contributed by atoms with Gasteiger partial charge in [-0.1, -0.05) is 30.7 Å². The highest BCUT2D eigenvalue weighted by molar-refractivity contribution is 6.09. The molecule has 1 aliphatic carbocycles. The average Bonchev–Trinajstić information content (AvgIpc) is 3.04. The zero-order valence-electron chi connectivity index (χ0n) is 15.1. The van der Waals surface area contributed by atoms with Gasteiger partial charge in [0.25, 0.3) is 0 Å². The molecule has 2 amide bonds. The molecule has 1 heterocycles. The van der Waals surface area contributed by atoms with Crippen molar-refractivity contribution in [2.75, 3.05) is 18.0 Å². The van der Waals surface area contributed by atoms with Crippen molar-refractivity contribution in [3.8, 4) is 0 Å². The monoisotopic (exact) mass is 340 g/mol. The Morgan fingerprint density at radius 1 is 1.24 bits per heavy atom. The zero-order chi connectivity index (χ0) is 17.6. The normalized spacial score (nSPS) is 20.5. The first-order valence-electron chi connectivity index (χ1n) is 9.55. The summed E-state index contributed by atoms with van der Waals surface area (Å²) in [6.45, 7) is 3.37. The summed E-state index contributed by atoms with van der Waals surface area (Å²) in [7, 11) is 0. The molecule has 1 atom stereocenters. The van der Waals surface area contributed by atoms with Crippen LogP contribution in [-0.2, 0) is 16.0 Å². The summed E-state index contributed by atoms with van der Waals surface area (Å²) < 4.78 is 0. The van der Waals surface area contributed by atoms with Crippen molar-refractivity contribution in [1.82, 2.24) is 5.32 Å². The van der Waals surface area contributed by atoms with E-state index in [-0.39, 0.29) is 11.8 Å². The Morgan fingerprint density at radius 3 is 2.72 bits per heavy atom. The van der Waals surface area contributed by atoms with Crippen molar-refractivity contribution in [1.29, 1.82) is 0 Å². The molecule has 1 N–H and O–H groups in total. The van der Waals surface area contributed by atoms with Crippen LogP contribution in [0.15, 0.2) is 35.9 Å². The second-order valence-corrected chi connectivity index (χ2v) is 7.00. The van der Waals surface area contributed by atoms with Crippen molar-refractivity contribution < 1.29 is 9.59 Å². The number of carbonyl (C=O) groups excluding carboxylic acids is 2. The molecule has 0 unspecified atom stereocenters. The number of nitrogens with zero attached hydrogens (tertiary/aromatic N) is 1. The maximum atomic E-state index is 12.6. The van der Waals surface area contributed by atoms with Crippen LogP contribution in [0.1, 0.15) is 51.0 Å². The minimum absolute atomic E-state index is 0.0707. The maximum absolute atomic E-state index is 12.6. The lowest BCUT2D eigenvalue weighted by Gasteiger charge is -2.17. The van der Waals surface area contributed by atoms with Gasteiger partial charge in [0.15, 0.2) is 0 Å². The summed E-state index contributed by atoms with van der Waals surface area (Å²) in [5, 5.41) is 2.97. The number of aryl methyl sites for hydroxylation is 1. The van der Waals surface area contributed by atoms with Gasteiger partial charge in [0, 0.05) is 18.8 Å². The predicted octanol–water partition coefficient (Wildman–Crippen LogP) is 3.61. The Balaban J connectivity index is 1.51. The molecule has 1 saturated heterocycles. The van der Waals surface area contributed by atoms with E-state index in [1.54, 1.807) is 4.90 Å². The first-order chi connectivity index (χ1) is 12.2. The molecule has 4 nitrogen and oxygen atoms in total. The van der Waals surface area contributed by atoms with E-state index in [2.05, 4.69) is 18.3 Å². The van der Waals surface area contributed by atoms with Crippen LogP contribution in [0.4, 0.5) is 5.69 Å². The number of allylic oxidation sites excluding steroid dienone is 1. The van der Waals surface area contributed by atoms with Crippen molar-refractivity contribution in [2.45, 2.75) is 51.9 Å². The summed E-state index contributed by atoms with van der Waals surface area (Å²) in [6, 6.07) is 8.06. The van der Waals surface area contributed by atoms with Gasteiger partial charge in [-0.05, 0) is 62.6 Å². The van der Waals surface area contributed by atoms with Crippen LogP contribution in [0.3, 0.4) is 0 Å². The number of carbonyl (C=O) groups is 2. The number of rotatable bonds is 6. The van der Waals surface area contributed by atoms with Crippen molar-refractivity contribution in [3.05, 3.63) is 41.5 Å². The quantitative estimate of drug-likeness (QED) is 0.635. The fourth-order valence-electron chi connectivity index (χ4n) is 3.69. The molecule has 1 aromatic carbocycles. The maximum Gasteiger partial charge on any atom is 0.239 e. The Bertz CT molecular complexity index is 648. The summed E-state index contributed by atoms with van der Waals surface area (Å²) in [6.07, 6.45) is 9.65. The third kappa shape index (κ3) is 4.30. The van der Waals surface area contributed by atoms with Crippen molar-refractivity contribution >= 4 is 17.5 Å². The Kier molecular flexibility index (Phi) is 5.90. The largest absolute Gasteiger partial charge is 0.355 e. The highest BCUT2D eigenvalue weighted by Gasteiger charge is 2.37. The molecule has 134 valence electrons. The van der Waals surface area contributed by atoms with E-state index in [4.69, 9.17) is 0 Å². The fourth-order valence-corrected chi connectivity index (χ4v) is 3.69. The standard InChI is InChI=1S/C21H28N2O2/c1-2-16-8-10-18(11-9-16)23-15-13-19(21(23)25)20(24)22-14-12-17-6-4-3-5-7-17/h6,8-11,19H,2-5,7,12-15H2,1H3,(H,22,24)/t19-/m1/s1. The molecule has 0 radical (unpaired) electrons. The van der Waals surface area contributed by atoms with E-state index in [0.29, 0.717) is 19.5 Å². The minimum Gasteiger partial charge on any atom is -0.355 e. The molecule has 0 saturated carbocycles. The van der Waals surface area contributed by atoms with Gasteiger partial charge in [0.05, 0.1) is 0 Å². The lowest BCUT2D eigenvalue weighted by Crippen LogP contribution is -2.37. The number of benzene rings is 1. The first kappa shape index (κ1) is 17.7. The number of nitrogens with one attached hydrogen (secondary N) is 1. The van der Waals surface area contributed by atoms with Crippen LogP contribution in [0.2, 0.25) is 0 Å². The molecular formula is C21H28N2O2. The highest BCUT2D eigenvalue weighted by Crippen LogP contribution is 2.26. The second kappa shape index (κ2) is 8.32. The van der Waals surface area contributed by atoms with E-state index in [1.807, 2.05) is 24.3 Å². The molecule has 0 aromatic heterocycles. The van der Waals surface area contributed by atoms with Gasteiger partial charge in [-0.2, -0.15) is 0 Å². The lowest BCUT2D eigenvalue weighted by molar-refractivity contribution is -0.132. The molecule has 1 aromatic rings. The summed E-state index contributed by atoms with van der Waals surface area (Å²) in [5.41, 5.74) is 3.59. The van der Waals surface area contributed by atoms with Crippen LogP contribution < -0.4 is 10.2 Å². The van der Waals surface area contributed by atoms with Crippen LogP contribution >= 0.6 is 0 Å². The van der Waals surface area contributed by atoms with Crippen molar-refractivity contribution in [3.63, 3.8) is 0 Å². The number of hydrogen-bond donors (Lipinski definition) is 1. The van der Waals surface area contributed by atoms with E-state index in [9.17, 15) is 9.59 Å². The molecule has 3 rings (SSSR count). The smallest absolute Gasteiger partial charge is 0.239 e. The molecule has 1 aliphatic heterocycles. The van der Waals surface area contributed by atoms with Crippen LogP contribution in [0.5, 0.6) is 0 Å². The zero-order valence-corrected chi connectivity index (χ0v) is 15.1. The van der Waals surface area contributed by atoms with Crippen LogP contribution in [0.25, 0.3) is 0 Å². The van der Waals surface area contributed by atoms with E-state index in [0.717, 1.165) is 31.4 Å². The molecule has 2 aliphatic rings. The average molecular weight is 340 g/mol. The minimum atomic E-state index is -0.536. The Labute approximate surface area is 150 Å². The van der Waals surface area contributed by atoms with Gasteiger partial charge >= 0.3 is 0 Å². The molecule has 1 fully saturated rings. The van der Waals surface area contributed by atoms with Crippen molar-refractivity contribution in [2.24, 2.45) is 5.92 Å². The third-order valence-corrected chi connectivity index (χ3v) is 5.31. The van der Waals surface area contributed by atoms with Crippen LogP contribution in [-0.4, -0.2) is 24.9 Å². The lowest BCUT2D eigenvalue weighted by atomic mass is 9.97. The highest BCUT2D eigenvalue weighted by atomic mass is 16.2. The SMILES string of the molecule is CCc1ccc(N2CC[C@H](C(=O)NCCC3=CCCCC3)C2=O)cc1. The number of hydrogen-bond acceptors (Lipinski definition) is 2. The molecular weight excluding hydrogens is 312 g/mol. The summed E-state index contributed by atoms with van der Waals surface area (Å²) in [5.74, 6) is -0.723. The fraction of sp³-hybridized carbons (Fsp3) is 0.524. The topological polar surface area (TPSA) is 49.4 Å². The van der Waals surface area contributed by atoms with E-state index >= 15 is 0 Å². The van der Waals surface area contributed by atoms with Gasteiger partial charge in [-0.25, -0.2) is 0 Å². The van der Waals surface area contributed by atoms with E-state index < -0.39 is 5.92 Å². The molecule has 4 heteroatoms. The number of amides is 2. The molecule has 0 spiro atoms. The van der Waals surface area contributed by atoms with Gasteiger partial charge in [-0.15, -0.1) is 0 Å². The van der Waals surface area contributed by atoms with Gasteiger partial charge < -0.3 is 10.2 Å². The summed E-state index contributed by atoms with van der Waals surface area (Å²) in [4.78, 5) is 26.8. The Hall–Kier alpha value is -2.10. The summed E-state index contributed by atoms with van der Waals surface area (Å²) >= 11 is 0. The van der Waals surface area contributed by atoms with Gasteiger partial charge in [-0.3, -0.25) is 9.59 Å². The first-order valence-corrected chi connectivity index (χ1v) is 9.55. The Morgan fingerprint density at radius 2 is 2.04 bits per heavy atom. The second-order valence-electron chi connectivity index (χ2n) is 7.00. The molecule has 25 heavy (non-hydrogen) atoms. The number of anilines is 1. The van der Waals surface area contributed by atoms with Gasteiger partial charge in [0.2, 0.25) is 11.8 Å². The van der Waals surface area contributed by atoms with Gasteiger partial charge in [0.1, 0.15) is 5.92 Å². The van der Waals surface area contributed by atoms with E-state index in [1.165, 1.54) is 24.0 Å². The van der Waals surface area contributed by atoms with Crippen LogP contribution in [0, 0.1) is 5.92 Å². The molecule has 0 bridgehead atoms.